The van der Waals surface area contributed by atoms with Crippen molar-refractivity contribution >= 4 is 0 Å². The number of nitrogens with one attached hydrogen (secondary N) is 1. The molecule has 18 heavy (non-hydrogen) atoms. The molecular weight excluding hydrogens is 226 g/mol. The first-order valence-electron chi connectivity index (χ1n) is 6.38. The maximum Gasteiger partial charge on any atom is 0.152 e. The highest BCUT2D eigenvalue weighted by Gasteiger charge is 2.20. The van der Waals surface area contributed by atoms with Crippen molar-refractivity contribution in [3.8, 4) is 0 Å². The van der Waals surface area contributed by atoms with Crippen molar-refractivity contribution in [2.24, 2.45) is 0 Å². The van der Waals surface area contributed by atoms with E-state index in [2.05, 4.69) is 38.7 Å². The molecular formula is C13H19N5. The molecule has 5 heteroatoms. The quantitative estimate of drug-likeness (QED) is 0.843. The molecule has 0 fully saturated rings. The van der Waals surface area contributed by atoms with Gasteiger partial charge in [-0.25, -0.2) is 15.0 Å². The van der Waals surface area contributed by atoms with Crippen LogP contribution in [0, 0.1) is 0 Å². The fourth-order valence-corrected chi connectivity index (χ4v) is 1.97. The minimum Gasteiger partial charge on any atom is -0.333 e. The smallest absolute Gasteiger partial charge is 0.152 e. The maximum absolute atomic E-state index is 4.45. The monoisotopic (exact) mass is 245 g/mol. The summed E-state index contributed by atoms with van der Waals surface area (Å²) in [5.41, 5.74) is 0. The van der Waals surface area contributed by atoms with Gasteiger partial charge in [0, 0.05) is 31.3 Å². The zero-order valence-corrected chi connectivity index (χ0v) is 10.9. The van der Waals surface area contributed by atoms with Crippen LogP contribution in [0.3, 0.4) is 0 Å². The summed E-state index contributed by atoms with van der Waals surface area (Å²) in [7, 11) is 0. The van der Waals surface area contributed by atoms with Gasteiger partial charge in [-0.05, 0) is 19.0 Å². The summed E-state index contributed by atoms with van der Waals surface area (Å²) in [6.07, 6.45) is 8.45. The van der Waals surface area contributed by atoms with E-state index in [1.165, 1.54) is 0 Å². The summed E-state index contributed by atoms with van der Waals surface area (Å²) in [6.45, 7) is 6.04. The van der Waals surface area contributed by atoms with E-state index in [-0.39, 0.29) is 6.04 Å². The van der Waals surface area contributed by atoms with Gasteiger partial charge in [0.05, 0.1) is 0 Å². The van der Waals surface area contributed by atoms with Crippen molar-refractivity contribution in [2.75, 3.05) is 6.54 Å². The molecule has 1 unspecified atom stereocenters. The van der Waals surface area contributed by atoms with Gasteiger partial charge in [0.1, 0.15) is 11.9 Å². The van der Waals surface area contributed by atoms with Crippen LogP contribution in [0.25, 0.3) is 0 Å². The van der Waals surface area contributed by atoms with Crippen LogP contribution in [0.1, 0.15) is 38.0 Å². The van der Waals surface area contributed by atoms with E-state index >= 15 is 0 Å². The average molecular weight is 245 g/mol. The standard InChI is InChI=1S/C13H19N5/c1-3-9-18-10-8-17-13(18)11(14-4-2)12-15-6-5-7-16-12/h5-8,10-11,14H,3-4,9H2,1-2H3. The zero-order valence-electron chi connectivity index (χ0n) is 10.9. The van der Waals surface area contributed by atoms with Gasteiger partial charge in [0.25, 0.3) is 0 Å². The Balaban J connectivity index is 2.32. The number of nitrogens with zero attached hydrogens (tertiary/aromatic N) is 4. The van der Waals surface area contributed by atoms with Gasteiger partial charge in [-0.2, -0.15) is 0 Å². The second-order valence-electron chi connectivity index (χ2n) is 4.08. The fourth-order valence-electron chi connectivity index (χ4n) is 1.97. The van der Waals surface area contributed by atoms with Crippen molar-refractivity contribution in [3.05, 3.63) is 42.5 Å². The molecule has 0 spiro atoms. The highest BCUT2D eigenvalue weighted by atomic mass is 15.1. The average Bonchev–Trinajstić information content (AvgIpc) is 2.85. The Labute approximate surface area is 107 Å². The van der Waals surface area contributed by atoms with Crippen LogP contribution < -0.4 is 5.32 Å². The molecule has 5 nitrogen and oxygen atoms in total. The first kappa shape index (κ1) is 12.7. The molecule has 0 radical (unpaired) electrons. The van der Waals surface area contributed by atoms with E-state index < -0.39 is 0 Å². The van der Waals surface area contributed by atoms with Crippen LogP contribution in [0.2, 0.25) is 0 Å². The Bertz CT molecular complexity index is 465. The lowest BCUT2D eigenvalue weighted by atomic mass is 10.2. The number of imidazole rings is 1. The number of hydrogen-bond acceptors (Lipinski definition) is 4. The molecule has 0 saturated heterocycles. The summed E-state index contributed by atoms with van der Waals surface area (Å²) in [4.78, 5) is 13.1. The third-order valence-electron chi connectivity index (χ3n) is 2.72. The van der Waals surface area contributed by atoms with E-state index in [0.717, 1.165) is 31.2 Å². The van der Waals surface area contributed by atoms with Gasteiger partial charge in [-0.15, -0.1) is 0 Å². The number of aromatic nitrogens is 4. The predicted octanol–water partition coefficient (Wildman–Crippen LogP) is 1.78. The Morgan fingerprint density at radius 1 is 1.17 bits per heavy atom. The van der Waals surface area contributed by atoms with Gasteiger partial charge in [0.2, 0.25) is 0 Å². The second-order valence-corrected chi connectivity index (χ2v) is 4.08. The molecule has 2 rings (SSSR count). The third kappa shape index (κ3) is 2.73. The normalized spacial score (nSPS) is 12.6. The Morgan fingerprint density at radius 2 is 1.94 bits per heavy atom. The largest absolute Gasteiger partial charge is 0.333 e. The van der Waals surface area contributed by atoms with Crippen LogP contribution in [-0.4, -0.2) is 26.1 Å². The van der Waals surface area contributed by atoms with Crippen molar-refractivity contribution < 1.29 is 0 Å². The molecule has 0 bridgehead atoms. The molecule has 0 amide bonds. The van der Waals surface area contributed by atoms with Crippen molar-refractivity contribution in [3.63, 3.8) is 0 Å². The van der Waals surface area contributed by atoms with E-state index in [0.29, 0.717) is 0 Å². The Kier molecular flexibility index (Phi) is 4.41. The van der Waals surface area contributed by atoms with Gasteiger partial charge in [-0.1, -0.05) is 13.8 Å². The second kappa shape index (κ2) is 6.26. The zero-order chi connectivity index (χ0) is 12.8. The van der Waals surface area contributed by atoms with Crippen LogP contribution in [-0.2, 0) is 6.54 Å². The Hall–Kier alpha value is -1.75. The highest BCUT2D eigenvalue weighted by molar-refractivity contribution is 5.11. The molecule has 2 heterocycles. The van der Waals surface area contributed by atoms with Crippen LogP contribution in [0.5, 0.6) is 0 Å². The van der Waals surface area contributed by atoms with Crippen LogP contribution in [0.15, 0.2) is 30.9 Å². The van der Waals surface area contributed by atoms with Crippen molar-refractivity contribution in [1.82, 2.24) is 24.8 Å². The van der Waals surface area contributed by atoms with E-state index in [1.807, 2.05) is 18.5 Å². The van der Waals surface area contributed by atoms with Crippen LogP contribution >= 0.6 is 0 Å². The summed E-state index contributed by atoms with van der Waals surface area (Å²) < 4.78 is 2.16. The molecule has 2 aromatic heterocycles. The molecule has 0 aliphatic heterocycles. The summed E-state index contributed by atoms with van der Waals surface area (Å²) in [6, 6.07) is 1.78. The van der Waals surface area contributed by atoms with E-state index in [1.54, 1.807) is 12.4 Å². The molecule has 0 aromatic carbocycles. The van der Waals surface area contributed by atoms with Crippen LogP contribution in [0.4, 0.5) is 0 Å². The van der Waals surface area contributed by atoms with E-state index in [4.69, 9.17) is 0 Å². The van der Waals surface area contributed by atoms with Gasteiger partial charge in [-0.3, -0.25) is 0 Å². The van der Waals surface area contributed by atoms with Crippen molar-refractivity contribution in [2.45, 2.75) is 32.9 Å². The molecule has 96 valence electrons. The molecule has 1 N–H and O–H groups in total. The number of rotatable bonds is 6. The third-order valence-corrected chi connectivity index (χ3v) is 2.72. The molecule has 2 aromatic rings. The number of hydrogen-bond donors (Lipinski definition) is 1. The minimum atomic E-state index is -0.0438. The fraction of sp³-hybridized carbons (Fsp3) is 0.462. The molecule has 1 atom stereocenters. The molecule has 0 aliphatic carbocycles. The van der Waals surface area contributed by atoms with Gasteiger partial charge >= 0.3 is 0 Å². The molecule has 0 aliphatic rings. The van der Waals surface area contributed by atoms with E-state index in [9.17, 15) is 0 Å². The first-order chi connectivity index (χ1) is 8.86. The predicted molar refractivity (Wildman–Crippen MR) is 70.1 cm³/mol. The first-order valence-corrected chi connectivity index (χ1v) is 6.38. The SMILES string of the molecule is CCCn1ccnc1C(NCC)c1ncccn1. The summed E-state index contributed by atoms with van der Waals surface area (Å²) in [5, 5.41) is 3.39. The highest BCUT2D eigenvalue weighted by Crippen LogP contribution is 2.17. The minimum absolute atomic E-state index is 0.0438. The summed E-state index contributed by atoms with van der Waals surface area (Å²) in [5.74, 6) is 1.74. The number of aryl methyl sites for hydroxylation is 1. The topological polar surface area (TPSA) is 55.6 Å². The molecule has 0 saturated carbocycles. The lowest BCUT2D eigenvalue weighted by Crippen LogP contribution is -2.27. The van der Waals surface area contributed by atoms with Gasteiger partial charge in [0.15, 0.2) is 5.82 Å². The maximum atomic E-state index is 4.45. The van der Waals surface area contributed by atoms with Crippen molar-refractivity contribution in [1.29, 1.82) is 0 Å². The lowest BCUT2D eigenvalue weighted by molar-refractivity contribution is 0.524. The van der Waals surface area contributed by atoms with Gasteiger partial charge < -0.3 is 9.88 Å². The Morgan fingerprint density at radius 3 is 2.61 bits per heavy atom. The lowest BCUT2D eigenvalue weighted by Gasteiger charge is -2.17. The summed E-state index contributed by atoms with van der Waals surface area (Å²) >= 11 is 0.